The van der Waals surface area contributed by atoms with Gasteiger partial charge in [-0.2, -0.15) is 0 Å². The van der Waals surface area contributed by atoms with Gasteiger partial charge in [0.25, 0.3) is 5.91 Å². The van der Waals surface area contributed by atoms with Crippen LogP contribution in [0.5, 0.6) is 0 Å². The van der Waals surface area contributed by atoms with Gasteiger partial charge < -0.3 is 10.1 Å². The number of hydrogen-bond acceptors (Lipinski definition) is 4. The lowest BCUT2D eigenvalue weighted by molar-refractivity contribution is -0.150. The van der Waals surface area contributed by atoms with Gasteiger partial charge in [-0.25, -0.2) is 4.79 Å². The number of rotatable bonds is 4. The second kappa shape index (κ2) is 8.25. The summed E-state index contributed by atoms with van der Waals surface area (Å²) in [5.41, 5.74) is 2.67. The van der Waals surface area contributed by atoms with Crippen LogP contribution in [0.25, 0.3) is 0 Å². The van der Waals surface area contributed by atoms with Crippen LogP contribution >= 0.6 is 11.6 Å². The summed E-state index contributed by atoms with van der Waals surface area (Å²) >= 11 is 6.19. The van der Waals surface area contributed by atoms with E-state index in [0.717, 1.165) is 25.2 Å². The SMILES string of the molecule is CC1=C(C(=O)Nc2cccc(Cl)c2C)C2(CCN(Cc3ccccc3)CC2)OC1=O. The Labute approximate surface area is 181 Å². The largest absolute Gasteiger partial charge is 0.450 e. The predicted molar refractivity (Wildman–Crippen MR) is 117 cm³/mol. The number of hydrogen-bond donors (Lipinski definition) is 1. The monoisotopic (exact) mass is 424 g/mol. The van der Waals surface area contributed by atoms with E-state index in [1.54, 1.807) is 19.1 Å². The van der Waals surface area contributed by atoms with Crippen molar-refractivity contribution in [2.24, 2.45) is 0 Å². The number of nitrogens with one attached hydrogen (secondary N) is 1. The van der Waals surface area contributed by atoms with Gasteiger partial charge in [-0.05, 0) is 37.1 Å². The number of nitrogens with zero attached hydrogens (tertiary/aromatic N) is 1. The van der Waals surface area contributed by atoms with E-state index in [1.165, 1.54) is 5.56 Å². The van der Waals surface area contributed by atoms with Gasteiger partial charge in [-0.3, -0.25) is 9.69 Å². The van der Waals surface area contributed by atoms with Crippen molar-refractivity contribution in [2.45, 2.75) is 38.8 Å². The van der Waals surface area contributed by atoms with Crippen LogP contribution in [-0.2, 0) is 20.9 Å². The summed E-state index contributed by atoms with van der Waals surface area (Å²) in [7, 11) is 0. The van der Waals surface area contributed by atoms with Crippen LogP contribution in [-0.4, -0.2) is 35.5 Å². The molecule has 2 aliphatic heterocycles. The molecule has 1 fully saturated rings. The molecule has 1 saturated heterocycles. The van der Waals surface area contributed by atoms with Crippen LogP contribution in [0.1, 0.15) is 30.9 Å². The second-order valence-corrected chi connectivity index (χ2v) is 8.42. The van der Waals surface area contributed by atoms with Gasteiger partial charge in [0.1, 0.15) is 5.60 Å². The number of ether oxygens (including phenoxy) is 1. The third-order valence-electron chi connectivity index (χ3n) is 6.08. The molecule has 6 heteroatoms. The van der Waals surface area contributed by atoms with Crippen molar-refractivity contribution in [3.8, 4) is 0 Å². The lowest BCUT2D eigenvalue weighted by Crippen LogP contribution is -2.47. The molecule has 0 atom stereocenters. The van der Waals surface area contributed by atoms with Crippen molar-refractivity contribution in [1.29, 1.82) is 0 Å². The van der Waals surface area contributed by atoms with Crippen LogP contribution < -0.4 is 5.32 Å². The van der Waals surface area contributed by atoms with E-state index >= 15 is 0 Å². The summed E-state index contributed by atoms with van der Waals surface area (Å²) in [4.78, 5) is 28.0. The summed E-state index contributed by atoms with van der Waals surface area (Å²) in [6.45, 7) is 5.88. The molecule has 30 heavy (non-hydrogen) atoms. The zero-order valence-corrected chi connectivity index (χ0v) is 18.0. The fourth-order valence-corrected chi connectivity index (χ4v) is 4.49. The van der Waals surface area contributed by atoms with Crippen molar-refractivity contribution in [1.82, 2.24) is 4.90 Å². The third-order valence-corrected chi connectivity index (χ3v) is 6.49. The van der Waals surface area contributed by atoms with Gasteiger partial charge in [-0.1, -0.05) is 48.0 Å². The molecule has 1 spiro atoms. The molecular formula is C24H25ClN2O3. The second-order valence-electron chi connectivity index (χ2n) is 8.01. The lowest BCUT2D eigenvalue weighted by Gasteiger charge is -2.39. The fraction of sp³-hybridized carbons (Fsp3) is 0.333. The third kappa shape index (κ3) is 3.87. The molecule has 1 N–H and O–H groups in total. The molecule has 5 nitrogen and oxygen atoms in total. The van der Waals surface area contributed by atoms with E-state index in [1.807, 2.05) is 31.2 Å². The van der Waals surface area contributed by atoms with E-state index in [-0.39, 0.29) is 5.91 Å². The highest BCUT2D eigenvalue weighted by atomic mass is 35.5. The molecule has 0 aromatic heterocycles. The van der Waals surface area contributed by atoms with E-state index < -0.39 is 11.6 Å². The van der Waals surface area contributed by atoms with Crippen LogP contribution in [0, 0.1) is 6.92 Å². The number of likely N-dealkylation sites (tertiary alicyclic amines) is 1. The molecule has 2 aromatic rings. The van der Waals surface area contributed by atoms with Crippen LogP contribution in [0.15, 0.2) is 59.7 Å². The van der Waals surface area contributed by atoms with Crippen LogP contribution in [0.3, 0.4) is 0 Å². The molecule has 0 unspecified atom stereocenters. The smallest absolute Gasteiger partial charge is 0.335 e. The zero-order valence-electron chi connectivity index (χ0n) is 17.2. The molecule has 2 aliphatic rings. The fourth-order valence-electron chi connectivity index (χ4n) is 4.32. The lowest BCUT2D eigenvalue weighted by atomic mass is 9.82. The molecule has 2 heterocycles. The summed E-state index contributed by atoms with van der Waals surface area (Å²) in [6.07, 6.45) is 1.19. The summed E-state index contributed by atoms with van der Waals surface area (Å²) in [5, 5.41) is 3.52. The van der Waals surface area contributed by atoms with Gasteiger partial charge in [0.2, 0.25) is 0 Å². The Morgan fingerprint density at radius 3 is 2.50 bits per heavy atom. The quantitative estimate of drug-likeness (QED) is 0.734. The van der Waals surface area contributed by atoms with E-state index in [0.29, 0.717) is 34.7 Å². The molecule has 4 rings (SSSR count). The molecule has 0 bridgehead atoms. The van der Waals surface area contributed by atoms with Crippen molar-refractivity contribution in [3.05, 3.63) is 75.8 Å². The van der Waals surface area contributed by atoms with Gasteiger partial charge >= 0.3 is 5.97 Å². The average molecular weight is 425 g/mol. The maximum absolute atomic E-state index is 13.2. The summed E-state index contributed by atoms with van der Waals surface area (Å²) in [6, 6.07) is 15.7. The van der Waals surface area contributed by atoms with Gasteiger partial charge in [0.05, 0.1) is 5.57 Å². The standard InChI is InChI=1S/C24H25ClN2O3/c1-16-19(25)9-6-10-20(16)26-22(28)21-17(2)23(29)30-24(21)11-13-27(14-12-24)15-18-7-4-3-5-8-18/h3-10H,11-15H2,1-2H3,(H,26,28). The topological polar surface area (TPSA) is 58.6 Å². The average Bonchev–Trinajstić information content (AvgIpc) is 2.98. The Bertz CT molecular complexity index is 1010. The van der Waals surface area contributed by atoms with Crippen molar-refractivity contribution < 1.29 is 14.3 Å². The van der Waals surface area contributed by atoms with Crippen LogP contribution in [0.4, 0.5) is 5.69 Å². The minimum atomic E-state index is -0.856. The maximum atomic E-state index is 13.2. The summed E-state index contributed by atoms with van der Waals surface area (Å²) < 4.78 is 5.80. The van der Waals surface area contributed by atoms with E-state index in [4.69, 9.17) is 16.3 Å². The molecule has 2 aromatic carbocycles. The molecule has 0 aliphatic carbocycles. The molecule has 1 amide bonds. The molecule has 0 saturated carbocycles. The number of amides is 1. The minimum Gasteiger partial charge on any atom is -0.450 e. The Balaban J connectivity index is 1.51. The predicted octanol–water partition coefficient (Wildman–Crippen LogP) is 4.50. The molecular weight excluding hydrogens is 400 g/mol. The van der Waals surface area contributed by atoms with Gasteiger partial charge in [0, 0.05) is 48.8 Å². The van der Waals surface area contributed by atoms with Crippen molar-refractivity contribution in [3.63, 3.8) is 0 Å². The number of anilines is 1. The van der Waals surface area contributed by atoms with E-state index in [9.17, 15) is 9.59 Å². The number of esters is 1. The number of halogens is 1. The first kappa shape index (κ1) is 20.6. The first-order chi connectivity index (χ1) is 14.4. The molecule has 0 radical (unpaired) electrons. The number of carbonyl (C=O) groups excluding carboxylic acids is 2. The van der Waals surface area contributed by atoms with Crippen LogP contribution in [0.2, 0.25) is 5.02 Å². The number of benzene rings is 2. The Morgan fingerprint density at radius 1 is 1.10 bits per heavy atom. The van der Waals surface area contributed by atoms with E-state index in [2.05, 4.69) is 22.3 Å². The number of carbonyl (C=O) groups is 2. The Morgan fingerprint density at radius 2 is 1.80 bits per heavy atom. The highest BCUT2D eigenvalue weighted by molar-refractivity contribution is 6.31. The summed E-state index contributed by atoms with van der Waals surface area (Å²) in [5.74, 6) is -0.695. The van der Waals surface area contributed by atoms with Gasteiger partial charge in [0.15, 0.2) is 0 Å². The first-order valence-electron chi connectivity index (χ1n) is 10.2. The number of piperidine rings is 1. The first-order valence-corrected chi connectivity index (χ1v) is 10.5. The minimum absolute atomic E-state index is 0.291. The van der Waals surface area contributed by atoms with Crippen molar-refractivity contribution >= 4 is 29.2 Å². The highest BCUT2D eigenvalue weighted by Gasteiger charge is 2.50. The molecule has 156 valence electrons. The normalized spacial score (nSPS) is 18.6. The van der Waals surface area contributed by atoms with Crippen molar-refractivity contribution in [2.75, 3.05) is 18.4 Å². The Hall–Kier alpha value is -2.63. The Kier molecular flexibility index (Phi) is 5.67. The zero-order chi connectivity index (χ0) is 21.3. The highest BCUT2D eigenvalue weighted by Crippen LogP contribution is 2.42. The van der Waals surface area contributed by atoms with Gasteiger partial charge in [-0.15, -0.1) is 0 Å². The maximum Gasteiger partial charge on any atom is 0.335 e.